The number of aromatic amines is 1. The number of nitrogens with zero attached hydrogens (tertiary/aromatic N) is 1. The van der Waals surface area contributed by atoms with E-state index in [1.54, 1.807) is 6.33 Å². The van der Waals surface area contributed by atoms with Crippen molar-refractivity contribution in [2.75, 3.05) is 5.32 Å². The van der Waals surface area contributed by atoms with Gasteiger partial charge in [-0.1, -0.05) is 0 Å². The van der Waals surface area contributed by atoms with Crippen LogP contribution in [-0.2, 0) is 4.79 Å². The number of nitrogens with two attached hydrogens (primary N) is 1. The molecule has 0 saturated heterocycles. The van der Waals surface area contributed by atoms with Crippen LogP contribution in [0.3, 0.4) is 0 Å². The summed E-state index contributed by atoms with van der Waals surface area (Å²) in [5.41, 5.74) is 7.69. The minimum Gasteiger partial charge on any atom is -0.345 e. The molecule has 0 unspecified atom stereocenters. The molecule has 82 valence electrons. The summed E-state index contributed by atoms with van der Waals surface area (Å²) in [6.45, 7) is 0. The molecule has 0 radical (unpaired) electrons. The van der Waals surface area contributed by atoms with Crippen LogP contribution < -0.4 is 11.1 Å². The highest BCUT2D eigenvalue weighted by Crippen LogP contribution is 2.33. The van der Waals surface area contributed by atoms with Crippen molar-refractivity contribution in [2.45, 2.75) is 18.4 Å². The van der Waals surface area contributed by atoms with Gasteiger partial charge in [-0.3, -0.25) is 4.79 Å². The lowest BCUT2D eigenvalue weighted by molar-refractivity contribution is -0.118. The van der Waals surface area contributed by atoms with Crippen LogP contribution in [0.5, 0.6) is 0 Å². The van der Waals surface area contributed by atoms with Crippen molar-refractivity contribution in [1.82, 2.24) is 9.97 Å². The standard InChI is InChI=1S/C11H12N4O/c12-11(3-4-11)10(16)15-7-1-2-8-9(5-7)14-6-13-8/h1-2,5-6H,3-4,12H2,(H,13,14)(H,15,16). The van der Waals surface area contributed by atoms with Crippen molar-refractivity contribution in [3.8, 4) is 0 Å². The molecule has 16 heavy (non-hydrogen) atoms. The van der Waals surface area contributed by atoms with Gasteiger partial charge in [0.15, 0.2) is 0 Å². The summed E-state index contributed by atoms with van der Waals surface area (Å²) in [5.74, 6) is -0.105. The zero-order valence-electron chi connectivity index (χ0n) is 8.66. The molecule has 5 heteroatoms. The summed E-state index contributed by atoms with van der Waals surface area (Å²) in [4.78, 5) is 18.8. The number of carbonyl (C=O) groups excluding carboxylic acids is 1. The first kappa shape index (κ1) is 9.35. The van der Waals surface area contributed by atoms with Gasteiger partial charge in [0.25, 0.3) is 0 Å². The fourth-order valence-corrected chi connectivity index (χ4v) is 1.63. The highest BCUT2D eigenvalue weighted by molar-refractivity contribution is 6.01. The first-order chi connectivity index (χ1) is 7.67. The van der Waals surface area contributed by atoms with E-state index < -0.39 is 5.54 Å². The third-order valence-corrected chi connectivity index (χ3v) is 2.92. The number of fused-ring (bicyclic) bond motifs is 1. The van der Waals surface area contributed by atoms with Crippen LogP contribution in [0, 0.1) is 0 Å². The zero-order chi connectivity index (χ0) is 11.2. The maximum Gasteiger partial charge on any atom is 0.244 e. The molecule has 0 atom stereocenters. The van der Waals surface area contributed by atoms with E-state index in [-0.39, 0.29) is 5.91 Å². The molecule has 0 bridgehead atoms. The minimum atomic E-state index is -0.636. The van der Waals surface area contributed by atoms with Gasteiger partial charge in [-0.15, -0.1) is 0 Å². The Labute approximate surface area is 92.0 Å². The number of amides is 1. The Morgan fingerprint density at radius 1 is 1.50 bits per heavy atom. The van der Waals surface area contributed by atoms with Crippen LogP contribution in [0.15, 0.2) is 24.5 Å². The van der Waals surface area contributed by atoms with E-state index in [0.29, 0.717) is 0 Å². The summed E-state index contributed by atoms with van der Waals surface area (Å²) in [6, 6.07) is 5.54. The molecule has 0 aliphatic heterocycles. The predicted molar refractivity (Wildman–Crippen MR) is 60.9 cm³/mol. The SMILES string of the molecule is NC1(C(=O)Nc2ccc3nc[nH]c3c2)CC1. The van der Waals surface area contributed by atoms with Gasteiger partial charge in [-0.25, -0.2) is 4.98 Å². The van der Waals surface area contributed by atoms with E-state index in [1.807, 2.05) is 18.2 Å². The Balaban J connectivity index is 1.86. The normalized spacial score (nSPS) is 17.3. The third kappa shape index (κ3) is 1.45. The molecule has 1 heterocycles. The van der Waals surface area contributed by atoms with E-state index in [4.69, 9.17) is 5.73 Å². The fraction of sp³-hybridized carbons (Fsp3) is 0.273. The van der Waals surface area contributed by atoms with Crippen LogP contribution in [0.4, 0.5) is 5.69 Å². The Hall–Kier alpha value is -1.88. The molecule has 1 aliphatic carbocycles. The molecular weight excluding hydrogens is 204 g/mol. The van der Waals surface area contributed by atoms with E-state index in [1.165, 1.54) is 0 Å². The molecular formula is C11H12N4O. The second-order valence-electron chi connectivity index (χ2n) is 4.24. The topological polar surface area (TPSA) is 83.8 Å². The summed E-state index contributed by atoms with van der Waals surface area (Å²) < 4.78 is 0. The number of rotatable bonds is 2. The van der Waals surface area contributed by atoms with Crippen LogP contribution in [0.25, 0.3) is 11.0 Å². The third-order valence-electron chi connectivity index (χ3n) is 2.92. The van der Waals surface area contributed by atoms with Gasteiger partial charge in [-0.05, 0) is 31.0 Å². The van der Waals surface area contributed by atoms with Gasteiger partial charge in [-0.2, -0.15) is 0 Å². The minimum absolute atomic E-state index is 0.105. The number of imidazole rings is 1. The lowest BCUT2D eigenvalue weighted by Gasteiger charge is -2.09. The van der Waals surface area contributed by atoms with Crippen molar-refractivity contribution in [1.29, 1.82) is 0 Å². The van der Waals surface area contributed by atoms with Gasteiger partial charge >= 0.3 is 0 Å². The quantitative estimate of drug-likeness (QED) is 0.700. The molecule has 1 amide bonds. The first-order valence-corrected chi connectivity index (χ1v) is 5.21. The number of anilines is 1. The van der Waals surface area contributed by atoms with Crippen LogP contribution in [-0.4, -0.2) is 21.4 Å². The van der Waals surface area contributed by atoms with Gasteiger partial charge in [0.2, 0.25) is 5.91 Å². The predicted octanol–water partition coefficient (Wildman–Crippen LogP) is 0.993. The molecule has 0 spiro atoms. The van der Waals surface area contributed by atoms with Crippen LogP contribution in [0.1, 0.15) is 12.8 Å². The Morgan fingerprint density at radius 2 is 2.31 bits per heavy atom. The average molecular weight is 216 g/mol. The van der Waals surface area contributed by atoms with Crippen molar-refractivity contribution in [3.63, 3.8) is 0 Å². The maximum absolute atomic E-state index is 11.7. The van der Waals surface area contributed by atoms with E-state index in [2.05, 4.69) is 15.3 Å². The number of nitrogens with one attached hydrogen (secondary N) is 2. The van der Waals surface area contributed by atoms with Crippen molar-refractivity contribution >= 4 is 22.6 Å². The molecule has 1 aliphatic rings. The molecule has 4 N–H and O–H groups in total. The molecule has 2 aromatic rings. The molecule has 1 fully saturated rings. The molecule has 1 saturated carbocycles. The number of hydrogen-bond acceptors (Lipinski definition) is 3. The lowest BCUT2D eigenvalue weighted by atomic mass is 10.2. The van der Waals surface area contributed by atoms with Crippen molar-refractivity contribution in [2.24, 2.45) is 5.73 Å². The Morgan fingerprint density at radius 3 is 3.06 bits per heavy atom. The van der Waals surface area contributed by atoms with E-state index >= 15 is 0 Å². The van der Waals surface area contributed by atoms with Crippen molar-refractivity contribution in [3.05, 3.63) is 24.5 Å². The van der Waals surface area contributed by atoms with Gasteiger partial charge in [0.1, 0.15) is 0 Å². The van der Waals surface area contributed by atoms with Crippen LogP contribution >= 0.6 is 0 Å². The highest BCUT2D eigenvalue weighted by Gasteiger charge is 2.45. The summed E-state index contributed by atoms with van der Waals surface area (Å²) >= 11 is 0. The summed E-state index contributed by atoms with van der Waals surface area (Å²) in [7, 11) is 0. The summed E-state index contributed by atoms with van der Waals surface area (Å²) in [5, 5.41) is 2.81. The van der Waals surface area contributed by atoms with Gasteiger partial charge in [0.05, 0.1) is 22.9 Å². The van der Waals surface area contributed by atoms with Crippen molar-refractivity contribution < 1.29 is 4.79 Å². The Bertz CT molecular complexity index is 556. The smallest absolute Gasteiger partial charge is 0.244 e. The van der Waals surface area contributed by atoms with E-state index in [9.17, 15) is 4.79 Å². The monoisotopic (exact) mass is 216 g/mol. The number of H-pyrrole nitrogens is 1. The van der Waals surface area contributed by atoms with Crippen LogP contribution in [0.2, 0.25) is 0 Å². The fourth-order valence-electron chi connectivity index (χ4n) is 1.63. The van der Waals surface area contributed by atoms with Gasteiger partial charge < -0.3 is 16.0 Å². The lowest BCUT2D eigenvalue weighted by Crippen LogP contribution is -2.37. The first-order valence-electron chi connectivity index (χ1n) is 5.21. The summed E-state index contributed by atoms with van der Waals surface area (Å²) in [6.07, 6.45) is 3.16. The maximum atomic E-state index is 11.7. The second kappa shape index (κ2) is 3.05. The Kier molecular flexibility index (Phi) is 1.79. The molecule has 5 nitrogen and oxygen atoms in total. The number of carbonyl (C=O) groups is 1. The number of benzene rings is 1. The average Bonchev–Trinajstić information content (AvgIpc) is 2.87. The second-order valence-corrected chi connectivity index (χ2v) is 4.24. The van der Waals surface area contributed by atoms with Gasteiger partial charge in [0, 0.05) is 5.69 Å². The molecule has 1 aromatic heterocycles. The molecule has 3 rings (SSSR count). The highest BCUT2D eigenvalue weighted by atomic mass is 16.2. The molecule has 1 aromatic carbocycles. The van der Waals surface area contributed by atoms with E-state index in [0.717, 1.165) is 29.6 Å². The number of aromatic nitrogens is 2. The zero-order valence-corrected chi connectivity index (χ0v) is 8.66. The number of hydrogen-bond donors (Lipinski definition) is 3. The largest absolute Gasteiger partial charge is 0.345 e.